The Labute approximate surface area is 116 Å². The minimum atomic E-state index is -0.920. The fourth-order valence-corrected chi connectivity index (χ4v) is 2.72. The van der Waals surface area contributed by atoms with Gasteiger partial charge in [-0.3, -0.25) is 9.69 Å². The molecule has 2 atom stereocenters. The second-order valence-corrected chi connectivity index (χ2v) is 5.08. The number of hydrogen-bond acceptors (Lipinski definition) is 4. The quantitative estimate of drug-likeness (QED) is 0.723. The largest absolute Gasteiger partial charge is 0.481 e. The smallest absolute Gasteiger partial charge is 0.308 e. The Bertz CT molecular complexity index is 461. The molecule has 0 bridgehead atoms. The highest BCUT2D eigenvalue weighted by Gasteiger charge is 2.40. The minimum absolute atomic E-state index is 0.223. The van der Waals surface area contributed by atoms with Crippen molar-refractivity contribution in [2.75, 3.05) is 26.3 Å². The van der Waals surface area contributed by atoms with Gasteiger partial charge in [0.25, 0.3) is 0 Å². The van der Waals surface area contributed by atoms with E-state index in [4.69, 9.17) is 0 Å². The second kappa shape index (κ2) is 6.30. The Morgan fingerprint density at radius 1 is 1.25 bits per heavy atom. The molecule has 0 saturated carbocycles. The van der Waals surface area contributed by atoms with Gasteiger partial charge in [-0.1, -0.05) is 12.1 Å². The highest BCUT2D eigenvalue weighted by Crippen LogP contribution is 2.34. The van der Waals surface area contributed by atoms with Crippen molar-refractivity contribution in [2.45, 2.75) is 12.0 Å². The molecule has 1 aromatic carbocycles. The van der Waals surface area contributed by atoms with E-state index in [0.717, 1.165) is 5.56 Å². The van der Waals surface area contributed by atoms with Crippen LogP contribution in [-0.2, 0) is 4.79 Å². The molecule has 1 fully saturated rings. The molecule has 2 rings (SSSR count). The normalized spacial score (nSPS) is 23.4. The average molecular weight is 283 g/mol. The van der Waals surface area contributed by atoms with Gasteiger partial charge in [-0.15, -0.1) is 0 Å². The zero-order chi connectivity index (χ0) is 14.7. The number of nitrogens with zero attached hydrogens (tertiary/aromatic N) is 1. The third-order valence-electron chi connectivity index (χ3n) is 3.90. The van der Waals surface area contributed by atoms with Crippen LogP contribution in [0.3, 0.4) is 0 Å². The van der Waals surface area contributed by atoms with Gasteiger partial charge in [0.15, 0.2) is 0 Å². The average Bonchev–Trinajstić information content (AvgIpc) is 2.86. The number of hydrogen-bond donors (Lipinski definition) is 3. The first-order valence-electron chi connectivity index (χ1n) is 6.50. The Hall–Kier alpha value is -1.50. The summed E-state index contributed by atoms with van der Waals surface area (Å²) in [6.45, 7) is 0.246. The van der Waals surface area contributed by atoms with E-state index in [0.29, 0.717) is 6.54 Å². The number of aliphatic hydroxyl groups is 2. The van der Waals surface area contributed by atoms with Gasteiger partial charge in [-0.05, 0) is 17.7 Å². The van der Waals surface area contributed by atoms with Gasteiger partial charge in [0.05, 0.1) is 25.2 Å². The molecule has 0 radical (unpaired) electrons. The highest BCUT2D eigenvalue weighted by atomic mass is 19.1. The maximum absolute atomic E-state index is 13.0. The van der Waals surface area contributed by atoms with Crippen molar-refractivity contribution in [1.82, 2.24) is 4.90 Å². The SMILES string of the molecule is O=C(O)[C@@H]1CN(C(CO)CO)C[C@H]1c1ccc(F)cc1. The first-order chi connectivity index (χ1) is 9.56. The van der Waals surface area contributed by atoms with Crippen LogP contribution in [0, 0.1) is 11.7 Å². The van der Waals surface area contributed by atoms with Gasteiger partial charge in [0.1, 0.15) is 5.82 Å². The number of aliphatic hydroxyl groups excluding tert-OH is 2. The van der Waals surface area contributed by atoms with Crippen molar-refractivity contribution in [3.8, 4) is 0 Å². The summed E-state index contributed by atoms with van der Waals surface area (Å²) in [4.78, 5) is 13.1. The van der Waals surface area contributed by atoms with E-state index in [1.165, 1.54) is 12.1 Å². The van der Waals surface area contributed by atoms with Crippen LogP contribution in [0.25, 0.3) is 0 Å². The topological polar surface area (TPSA) is 81.0 Å². The predicted octanol–water partition coefficient (Wildman–Crippen LogP) is 0.279. The molecule has 20 heavy (non-hydrogen) atoms. The van der Waals surface area contributed by atoms with Crippen molar-refractivity contribution in [1.29, 1.82) is 0 Å². The molecule has 1 saturated heterocycles. The van der Waals surface area contributed by atoms with E-state index in [1.54, 1.807) is 17.0 Å². The number of carboxylic acid groups (broad SMARTS) is 1. The Morgan fingerprint density at radius 3 is 2.35 bits per heavy atom. The van der Waals surface area contributed by atoms with Crippen LogP contribution >= 0.6 is 0 Å². The Morgan fingerprint density at radius 2 is 1.85 bits per heavy atom. The summed E-state index contributed by atoms with van der Waals surface area (Å²) in [6.07, 6.45) is 0. The van der Waals surface area contributed by atoms with Gasteiger partial charge in [0, 0.05) is 19.0 Å². The predicted molar refractivity (Wildman–Crippen MR) is 69.8 cm³/mol. The minimum Gasteiger partial charge on any atom is -0.481 e. The first-order valence-corrected chi connectivity index (χ1v) is 6.50. The second-order valence-electron chi connectivity index (χ2n) is 5.08. The monoisotopic (exact) mass is 283 g/mol. The lowest BCUT2D eigenvalue weighted by molar-refractivity contribution is -0.141. The molecule has 0 spiro atoms. The molecule has 0 amide bonds. The van der Waals surface area contributed by atoms with Crippen LogP contribution in [0.2, 0.25) is 0 Å². The zero-order valence-corrected chi connectivity index (χ0v) is 10.9. The van der Waals surface area contributed by atoms with Crippen molar-refractivity contribution in [2.24, 2.45) is 5.92 Å². The zero-order valence-electron chi connectivity index (χ0n) is 10.9. The van der Waals surface area contributed by atoms with Crippen molar-refractivity contribution < 1.29 is 24.5 Å². The summed E-state index contributed by atoms with van der Waals surface area (Å²) in [6, 6.07) is 5.35. The number of carboxylic acids is 1. The molecule has 0 unspecified atom stereocenters. The van der Waals surface area contributed by atoms with E-state index in [9.17, 15) is 24.5 Å². The van der Waals surface area contributed by atoms with E-state index >= 15 is 0 Å². The molecule has 0 aliphatic carbocycles. The molecule has 0 aromatic heterocycles. The van der Waals surface area contributed by atoms with Crippen LogP contribution < -0.4 is 0 Å². The standard InChI is InChI=1S/C14H18FNO4/c15-10-3-1-9(2-4-10)12-5-16(11(7-17)8-18)6-13(12)14(19)20/h1-4,11-13,17-18H,5-8H2,(H,19,20)/t12-,13+/m0/s1. The lowest BCUT2D eigenvalue weighted by Crippen LogP contribution is -2.39. The Kier molecular flexibility index (Phi) is 4.69. The summed E-state index contributed by atoms with van der Waals surface area (Å²) in [5, 5.41) is 27.7. The molecule has 1 aliphatic rings. The molecule has 1 aromatic rings. The van der Waals surface area contributed by atoms with Crippen molar-refractivity contribution >= 4 is 5.97 Å². The van der Waals surface area contributed by atoms with Crippen LogP contribution in [-0.4, -0.2) is 58.5 Å². The van der Waals surface area contributed by atoms with E-state index in [1.807, 2.05) is 0 Å². The van der Waals surface area contributed by atoms with Gasteiger partial charge in [0.2, 0.25) is 0 Å². The molecule has 3 N–H and O–H groups in total. The molecule has 5 nitrogen and oxygen atoms in total. The lowest BCUT2D eigenvalue weighted by atomic mass is 9.89. The first kappa shape index (κ1) is 14.9. The van der Waals surface area contributed by atoms with Crippen LogP contribution in [0.1, 0.15) is 11.5 Å². The molecule has 1 aliphatic heterocycles. The van der Waals surface area contributed by atoms with Crippen LogP contribution in [0.4, 0.5) is 4.39 Å². The van der Waals surface area contributed by atoms with Gasteiger partial charge < -0.3 is 15.3 Å². The fourth-order valence-electron chi connectivity index (χ4n) is 2.72. The number of carbonyl (C=O) groups is 1. The van der Waals surface area contributed by atoms with Crippen LogP contribution in [0.15, 0.2) is 24.3 Å². The fraction of sp³-hybridized carbons (Fsp3) is 0.500. The molecule has 110 valence electrons. The summed E-state index contributed by atoms with van der Waals surface area (Å²) >= 11 is 0. The summed E-state index contributed by atoms with van der Waals surface area (Å²) in [5.41, 5.74) is 0.760. The maximum Gasteiger partial charge on any atom is 0.308 e. The number of halogens is 1. The van der Waals surface area contributed by atoms with E-state index in [2.05, 4.69) is 0 Å². The van der Waals surface area contributed by atoms with E-state index < -0.39 is 17.9 Å². The molecular formula is C14H18FNO4. The molecule has 1 heterocycles. The number of likely N-dealkylation sites (tertiary alicyclic amines) is 1. The summed E-state index contributed by atoms with van der Waals surface area (Å²) < 4.78 is 13.0. The van der Waals surface area contributed by atoms with Gasteiger partial charge in [-0.25, -0.2) is 4.39 Å². The van der Waals surface area contributed by atoms with Crippen LogP contribution in [0.5, 0.6) is 0 Å². The number of aliphatic carboxylic acids is 1. The molecular weight excluding hydrogens is 265 g/mol. The summed E-state index contributed by atoms with van der Waals surface area (Å²) in [7, 11) is 0. The lowest BCUT2D eigenvalue weighted by Gasteiger charge is -2.24. The molecule has 6 heteroatoms. The van der Waals surface area contributed by atoms with Crippen molar-refractivity contribution in [3.63, 3.8) is 0 Å². The third-order valence-corrected chi connectivity index (χ3v) is 3.90. The summed E-state index contributed by atoms with van der Waals surface area (Å²) in [5.74, 6) is -2.18. The third kappa shape index (κ3) is 2.98. The van der Waals surface area contributed by atoms with E-state index in [-0.39, 0.29) is 31.5 Å². The maximum atomic E-state index is 13.0. The number of benzene rings is 1. The number of rotatable bonds is 5. The Balaban J connectivity index is 2.21. The van der Waals surface area contributed by atoms with Gasteiger partial charge >= 0.3 is 5.97 Å². The van der Waals surface area contributed by atoms with Gasteiger partial charge in [-0.2, -0.15) is 0 Å². The highest BCUT2D eigenvalue weighted by molar-refractivity contribution is 5.72. The van der Waals surface area contributed by atoms with Crippen molar-refractivity contribution in [3.05, 3.63) is 35.6 Å².